The minimum atomic E-state index is -0.195. The topological polar surface area (TPSA) is 68.2 Å². The van der Waals surface area contributed by atoms with E-state index in [1.165, 1.54) is 0 Å². The van der Waals surface area contributed by atoms with Crippen molar-refractivity contribution in [3.05, 3.63) is 0 Å². The van der Waals surface area contributed by atoms with Crippen LogP contribution >= 0.6 is 0 Å². The second kappa shape index (κ2) is 11.9. The maximum absolute atomic E-state index is 8.74. The van der Waals surface area contributed by atoms with Crippen LogP contribution in [0.2, 0.25) is 0 Å². The molecule has 0 saturated heterocycles. The van der Waals surface area contributed by atoms with Crippen molar-refractivity contribution in [2.45, 2.75) is 26.7 Å². The molecule has 0 aliphatic rings. The Labute approximate surface area is 110 Å². The molecule has 0 atom stereocenters. The molecule has 0 unspecified atom stereocenters. The van der Waals surface area contributed by atoms with Gasteiger partial charge in [-0.05, 0) is 12.8 Å². The molecule has 2 N–H and O–H groups in total. The van der Waals surface area contributed by atoms with Gasteiger partial charge in [0.15, 0.2) is 0 Å². The van der Waals surface area contributed by atoms with Crippen LogP contribution in [0, 0.1) is 5.41 Å². The number of aliphatic hydroxyl groups is 2. The first kappa shape index (κ1) is 17.8. The average molecular weight is 264 g/mol. The standard InChI is InChI=1S/C13H28O5/c1-3-7-16-10-13(4-2,11-17-8-5-14)12-18-9-6-15/h14-15H,3-12H2,1-2H3. The van der Waals surface area contributed by atoms with Crippen molar-refractivity contribution in [3.8, 4) is 0 Å². The summed E-state index contributed by atoms with van der Waals surface area (Å²) in [4.78, 5) is 0. The van der Waals surface area contributed by atoms with Crippen molar-refractivity contribution in [2.75, 3.05) is 52.9 Å². The highest BCUT2D eigenvalue weighted by Crippen LogP contribution is 2.24. The minimum Gasteiger partial charge on any atom is -0.394 e. The molecule has 0 bridgehead atoms. The third-order valence-corrected chi connectivity index (χ3v) is 2.79. The van der Waals surface area contributed by atoms with E-state index in [4.69, 9.17) is 24.4 Å². The molecule has 0 aliphatic heterocycles. The van der Waals surface area contributed by atoms with Crippen molar-refractivity contribution in [1.82, 2.24) is 0 Å². The first-order chi connectivity index (χ1) is 8.74. The van der Waals surface area contributed by atoms with Crippen molar-refractivity contribution >= 4 is 0 Å². The molecular weight excluding hydrogens is 236 g/mol. The summed E-state index contributed by atoms with van der Waals surface area (Å²) < 4.78 is 16.5. The predicted octanol–water partition coefficient (Wildman–Crippen LogP) is 0.827. The smallest absolute Gasteiger partial charge is 0.0698 e. The molecule has 5 heteroatoms. The van der Waals surface area contributed by atoms with Crippen molar-refractivity contribution in [2.24, 2.45) is 5.41 Å². The highest BCUT2D eigenvalue weighted by Gasteiger charge is 2.29. The SMILES string of the molecule is CCCOCC(CC)(COCCO)COCCO. The van der Waals surface area contributed by atoms with E-state index in [2.05, 4.69) is 13.8 Å². The van der Waals surface area contributed by atoms with Gasteiger partial charge in [0.2, 0.25) is 0 Å². The molecule has 0 aromatic carbocycles. The molecule has 0 aromatic heterocycles. The Bertz CT molecular complexity index is 148. The number of hydrogen-bond acceptors (Lipinski definition) is 5. The number of ether oxygens (including phenoxy) is 3. The first-order valence-corrected chi connectivity index (χ1v) is 6.69. The van der Waals surface area contributed by atoms with Gasteiger partial charge in [-0.1, -0.05) is 13.8 Å². The third kappa shape index (κ3) is 8.00. The molecule has 0 heterocycles. The molecule has 0 rings (SSSR count). The fourth-order valence-corrected chi connectivity index (χ4v) is 1.57. The molecular formula is C13H28O5. The largest absolute Gasteiger partial charge is 0.394 e. The molecule has 0 amide bonds. The number of aliphatic hydroxyl groups excluding tert-OH is 2. The monoisotopic (exact) mass is 264 g/mol. The molecule has 0 radical (unpaired) electrons. The second-order valence-electron chi connectivity index (χ2n) is 4.46. The number of hydrogen-bond donors (Lipinski definition) is 2. The van der Waals surface area contributed by atoms with Crippen LogP contribution in [0.25, 0.3) is 0 Å². The summed E-state index contributed by atoms with van der Waals surface area (Å²) in [6, 6.07) is 0. The Hall–Kier alpha value is -0.200. The van der Waals surface area contributed by atoms with Gasteiger partial charge < -0.3 is 24.4 Å². The van der Waals surface area contributed by atoms with Gasteiger partial charge >= 0.3 is 0 Å². The molecule has 110 valence electrons. The predicted molar refractivity (Wildman–Crippen MR) is 69.6 cm³/mol. The molecule has 18 heavy (non-hydrogen) atoms. The lowest BCUT2D eigenvalue weighted by molar-refractivity contribution is -0.0784. The summed E-state index contributed by atoms with van der Waals surface area (Å²) in [6.07, 6.45) is 1.85. The van der Waals surface area contributed by atoms with Gasteiger partial charge in [0.1, 0.15) is 0 Å². The van der Waals surface area contributed by atoms with Crippen LogP contribution in [0.15, 0.2) is 0 Å². The summed E-state index contributed by atoms with van der Waals surface area (Å²) in [7, 11) is 0. The Morgan fingerprint density at radius 1 is 0.778 bits per heavy atom. The Morgan fingerprint density at radius 3 is 1.56 bits per heavy atom. The van der Waals surface area contributed by atoms with Crippen LogP contribution < -0.4 is 0 Å². The van der Waals surface area contributed by atoms with Gasteiger partial charge in [0, 0.05) is 12.0 Å². The summed E-state index contributed by atoms with van der Waals surface area (Å²) in [5.41, 5.74) is -0.195. The highest BCUT2D eigenvalue weighted by molar-refractivity contribution is 4.77. The van der Waals surface area contributed by atoms with Crippen LogP contribution in [0.1, 0.15) is 26.7 Å². The van der Waals surface area contributed by atoms with Crippen LogP contribution in [0.3, 0.4) is 0 Å². The summed E-state index contributed by atoms with van der Waals surface area (Å²) in [6.45, 7) is 7.14. The van der Waals surface area contributed by atoms with Crippen LogP contribution in [-0.4, -0.2) is 63.1 Å². The van der Waals surface area contributed by atoms with Crippen molar-refractivity contribution in [1.29, 1.82) is 0 Å². The lowest BCUT2D eigenvalue weighted by atomic mass is 9.88. The zero-order valence-electron chi connectivity index (χ0n) is 11.7. The van der Waals surface area contributed by atoms with E-state index in [9.17, 15) is 0 Å². The van der Waals surface area contributed by atoms with E-state index in [1.54, 1.807) is 0 Å². The molecule has 0 saturated carbocycles. The summed E-state index contributed by atoms with van der Waals surface area (Å²) in [5.74, 6) is 0. The lowest BCUT2D eigenvalue weighted by Crippen LogP contribution is -2.37. The Balaban J connectivity index is 4.20. The molecule has 0 aromatic rings. The third-order valence-electron chi connectivity index (χ3n) is 2.79. The van der Waals surface area contributed by atoms with E-state index in [1.807, 2.05) is 0 Å². The van der Waals surface area contributed by atoms with Gasteiger partial charge in [0.05, 0.1) is 46.2 Å². The maximum atomic E-state index is 8.74. The van der Waals surface area contributed by atoms with Gasteiger partial charge in [0.25, 0.3) is 0 Å². The zero-order chi connectivity index (χ0) is 13.7. The van der Waals surface area contributed by atoms with Gasteiger partial charge in [-0.2, -0.15) is 0 Å². The number of rotatable bonds is 13. The first-order valence-electron chi connectivity index (χ1n) is 6.69. The van der Waals surface area contributed by atoms with Crippen molar-refractivity contribution in [3.63, 3.8) is 0 Å². The molecule has 5 nitrogen and oxygen atoms in total. The summed E-state index contributed by atoms with van der Waals surface area (Å²) in [5, 5.41) is 17.5. The van der Waals surface area contributed by atoms with E-state index >= 15 is 0 Å². The minimum absolute atomic E-state index is 0.0209. The quantitative estimate of drug-likeness (QED) is 0.482. The fraction of sp³-hybridized carbons (Fsp3) is 1.00. The molecule has 0 aliphatic carbocycles. The zero-order valence-corrected chi connectivity index (χ0v) is 11.7. The van der Waals surface area contributed by atoms with E-state index in [0.29, 0.717) is 33.0 Å². The Morgan fingerprint density at radius 2 is 1.22 bits per heavy atom. The van der Waals surface area contributed by atoms with Crippen LogP contribution in [0.4, 0.5) is 0 Å². The lowest BCUT2D eigenvalue weighted by Gasteiger charge is -2.32. The normalized spacial score (nSPS) is 12.0. The van der Waals surface area contributed by atoms with Gasteiger partial charge in [-0.3, -0.25) is 0 Å². The maximum Gasteiger partial charge on any atom is 0.0698 e. The molecule has 0 spiro atoms. The Kier molecular flexibility index (Phi) is 11.7. The average Bonchev–Trinajstić information content (AvgIpc) is 2.39. The second-order valence-corrected chi connectivity index (χ2v) is 4.46. The fourth-order valence-electron chi connectivity index (χ4n) is 1.57. The molecule has 0 fully saturated rings. The highest BCUT2D eigenvalue weighted by atomic mass is 16.5. The van der Waals surface area contributed by atoms with Gasteiger partial charge in [-0.25, -0.2) is 0 Å². The van der Waals surface area contributed by atoms with Crippen molar-refractivity contribution < 1.29 is 24.4 Å². The van der Waals surface area contributed by atoms with E-state index in [0.717, 1.165) is 19.4 Å². The summed E-state index contributed by atoms with van der Waals surface area (Å²) >= 11 is 0. The van der Waals surface area contributed by atoms with Crippen LogP contribution in [-0.2, 0) is 14.2 Å². The van der Waals surface area contributed by atoms with Gasteiger partial charge in [-0.15, -0.1) is 0 Å². The van der Waals surface area contributed by atoms with E-state index in [-0.39, 0.29) is 18.6 Å². The van der Waals surface area contributed by atoms with E-state index < -0.39 is 0 Å². The van der Waals surface area contributed by atoms with Crippen LogP contribution in [0.5, 0.6) is 0 Å².